The molecule has 3 heteroatoms. The third-order valence-corrected chi connectivity index (χ3v) is 3.32. The highest BCUT2D eigenvalue weighted by Crippen LogP contribution is 2.22. The molecule has 0 radical (unpaired) electrons. The summed E-state index contributed by atoms with van der Waals surface area (Å²) in [5, 5.41) is 9.85. The molecule has 1 N–H and O–H groups in total. The summed E-state index contributed by atoms with van der Waals surface area (Å²) in [6.07, 6.45) is 0.876. The normalized spacial score (nSPS) is 27.1. The van der Waals surface area contributed by atoms with Crippen LogP contribution in [0.2, 0.25) is 0 Å². The maximum absolute atomic E-state index is 9.85. The predicted octanol–water partition coefficient (Wildman–Crippen LogP) is 2.41. The Bertz CT molecular complexity index is 351. The second-order valence-electron chi connectivity index (χ2n) is 4.59. The molecule has 0 aliphatic carbocycles. The van der Waals surface area contributed by atoms with Gasteiger partial charge in [0.1, 0.15) is 0 Å². The van der Waals surface area contributed by atoms with E-state index in [1.807, 2.05) is 19.1 Å². The van der Waals surface area contributed by atoms with Crippen LogP contribution in [-0.4, -0.2) is 28.7 Å². The van der Waals surface area contributed by atoms with Crippen molar-refractivity contribution in [2.75, 3.05) is 13.1 Å². The van der Waals surface area contributed by atoms with Crippen molar-refractivity contribution in [2.45, 2.75) is 25.5 Å². The van der Waals surface area contributed by atoms with Crippen LogP contribution in [-0.2, 0) is 6.54 Å². The highest BCUT2D eigenvalue weighted by molar-refractivity contribution is 9.10. The molecule has 15 heavy (non-hydrogen) atoms. The molecule has 0 aromatic heterocycles. The van der Waals surface area contributed by atoms with Gasteiger partial charge in [-0.3, -0.25) is 4.90 Å². The van der Waals surface area contributed by atoms with Gasteiger partial charge in [-0.25, -0.2) is 0 Å². The van der Waals surface area contributed by atoms with Crippen molar-refractivity contribution in [3.8, 4) is 0 Å². The van der Waals surface area contributed by atoms with Crippen molar-refractivity contribution >= 4 is 15.9 Å². The zero-order valence-electron chi connectivity index (χ0n) is 8.91. The summed E-state index contributed by atoms with van der Waals surface area (Å²) < 4.78 is 1.12. The SMILES string of the molecule is CC1(O)CCN(Cc2cccc(Br)c2)C1. The average molecular weight is 270 g/mol. The Morgan fingerprint density at radius 3 is 2.93 bits per heavy atom. The van der Waals surface area contributed by atoms with Gasteiger partial charge in [0.2, 0.25) is 0 Å². The lowest BCUT2D eigenvalue weighted by Crippen LogP contribution is -2.29. The number of benzene rings is 1. The summed E-state index contributed by atoms with van der Waals surface area (Å²) in [5.74, 6) is 0. The third kappa shape index (κ3) is 3.03. The van der Waals surface area contributed by atoms with Crippen LogP contribution in [0, 0.1) is 0 Å². The molecule has 1 saturated heterocycles. The van der Waals surface area contributed by atoms with Gasteiger partial charge in [0.15, 0.2) is 0 Å². The zero-order valence-corrected chi connectivity index (χ0v) is 10.5. The number of hydrogen-bond donors (Lipinski definition) is 1. The molecule has 1 atom stereocenters. The summed E-state index contributed by atoms with van der Waals surface area (Å²) >= 11 is 3.47. The predicted molar refractivity (Wildman–Crippen MR) is 64.7 cm³/mol. The largest absolute Gasteiger partial charge is 0.389 e. The molecule has 1 fully saturated rings. The van der Waals surface area contributed by atoms with Gasteiger partial charge in [-0.15, -0.1) is 0 Å². The highest BCUT2D eigenvalue weighted by Gasteiger charge is 2.30. The van der Waals surface area contributed by atoms with Gasteiger partial charge < -0.3 is 5.11 Å². The number of halogens is 1. The van der Waals surface area contributed by atoms with E-state index >= 15 is 0 Å². The molecule has 1 aromatic carbocycles. The number of rotatable bonds is 2. The number of aliphatic hydroxyl groups is 1. The van der Waals surface area contributed by atoms with Gasteiger partial charge in [0.25, 0.3) is 0 Å². The Kier molecular flexibility index (Phi) is 3.14. The lowest BCUT2D eigenvalue weighted by atomic mass is 10.1. The number of β-amino-alcohol motifs (C(OH)–C–C–N with tert-alkyl or cyclic N) is 1. The fourth-order valence-electron chi connectivity index (χ4n) is 2.07. The van der Waals surface area contributed by atoms with E-state index in [-0.39, 0.29) is 0 Å². The molecule has 2 nitrogen and oxygen atoms in total. The topological polar surface area (TPSA) is 23.5 Å². The van der Waals surface area contributed by atoms with Gasteiger partial charge in [-0.05, 0) is 31.0 Å². The van der Waals surface area contributed by atoms with Crippen molar-refractivity contribution in [3.63, 3.8) is 0 Å². The molecule has 0 amide bonds. The summed E-state index contributed by atoms with van der Waals surface area (Å²) in [4.78, 5) is 2.29. The van der Waals surface area contributed by atoms with Gasteiger partial charge >= 0.3 is 0 Å². The smallest absolute Gasteiger partial charge is 0.0758 e. The molecule has 1 aromatic rings. The molecule has 1 heterocycles. The molecule has 2 rings (SSSR count). The number of hydrogen-bond acceptors (Lipinski definition) is 2. The number of nitrogens with zero attached hydrogens (tertiary/aromatic N) is 1. The first-order chi connectivity index (χ1) is 7.05. The van der Waals surface area contributed by atoms with Crippen LogP contribution in [0.5, 0.6) is 0 Å². The van der Waals surface area contributed by atoms with E-state index in [1.165, 1.54) is 5.56 Å². The Morgan fingerprint density at radius 2 is 2.33 bits per heavy atom. The minimum absolute atomic E-state index is 0.494. The first-order valence-corrected chi connectivity index (χ1v) is 6.04. The van der Waals surface area contributed by atoms with Crippen molar-refractivity contribution in [1.82, 2.24) is 4.90 Å². The highest BCUT2D eigenvalue weighted by atomic mass is 79.9. The van der Waals surface area contributed by atoms with Crippen molar-refractivity contribution < 1.29 is 5.11 Å². The minimum Gasteiger partial charge on any atom is -0.389 e. The maximum Gasteiger partial charge on any atom is 0.0758 e. The Morgan fingerprint density at radius 1 is 1.53 bits per heavy atom. The first kappa shape index (κ1) is 11.1. The fourth-order valence-corrected chi connectivity index (χ4v) is 2.51. The van der Waals surface area contributed by atoms with Crippen LogP contribution >= 0.6 is 15.9 Å². The molecule has 1 aliphatic heterocycles. The van der Waals surface area contributed by atoms with E-state index in [0.29, 0.717) is 0 Å². The Labute approximate surface area is 99.0 Å². The van der Waals surface area contributed by atoms with Crippen LogP contribution in [0.25, 0.3) is 0 Å². The monoisotopic (exact) mass is 269 g/mol. The lowest BCUT2D eigenvalue weighted by molar-refractivity contribution is 0.0679. The average Bonchev–Trinajstić information content (AvgIpc) is 2.45. The Hall–Kier alpha value is -0.380. The molecule has 0 spiro atoms. The van der Waals surface area contributed by atoms with E-state index < -0.39 is 5.60 Å². The van der Waals surface area contributed by atoms with Crippen molar-refractivity contribution in [3.05, 3.63) is 34.3 Å². The van der Waals surface area contributed by atoms with Crippen LogP contribution in [0.15, 0.2) is 28.7 Å². The maximum atomic E-state index is 9.85. The van der Waals surface area contributed by atoms with E-state index in [4.69, 9.17) is 0 Å². The van der Waals surface area contributed by atoms with Crippen LogP contribution < -0.4 is 0 Å². The number of likely N-dealkylation sites (tertiary alicyclic amines) is 1. The van der Waals surface area contributed by atoms with E-state index in [0.717, 1.165) is 30.5 Å². The van der Waals surface area contributed by atoms with E-state index in [1.54, 1.807) is 0 Å². The molecule has 82 valence electrons. The molecular formula is C12H16BrNO. The third-order valence-electron chi connectivity index (χ3n) is 2.83. The fraction of sp³-hybridized carbons (Fsp3) is 0.500. The van der Waals surface area contributed by atoms with Crippen molar-refractivity contribution in [1.29, 1.82) is 0 Å². The molecule has 0 bridgehead atoms. The van der Waals surface area contributed by atoms with Crippen LogP contribution in [0.4, 0.5) is 0 Å². The molecular weight excluding hydrogens is 254 g/mol. The summed E-state index contributed by atoms with van der Waals surface area (Å²) in [6, 6.07) is 8.34. The van der Waals surface area contributed by atoms with Gasteiger partial charge in [-0.2, -0.15) is 0 Å². The lowest BCUT2D eigenvalue weighted by Gasteiger charge is -2.18. The van der Waals surface area contributed by atoms with Crippen LogP contribution in [0.1, 0.15) is 18.9 Å². The molecule has 1 aliphatic rings. The first-order valence-electron chi connectivity index (χ1n) is 5.24. The molecule has 1 unspecified atom stereocenters. The van der Waals surface area contributed by atoms with Crippen LogP contribution in [0.3, 0.4) is 0 Å². The van der Waals surface area contributed by atoms with Crippen molar-refractivity contribution in [2.24, 2.45) is 0 Å². The Balaban J connectivity index is 1.99. The second-order valence-corrected chi connectivity index (χ2v) is 5.50. The standard InChI is InChI=1S/C12H16BrNO/c1-12(15)5-6-14(9-12)8-10-3-2-4-11(13)7-10/h2-4,7,15H,5-6,8-9H2,1H3. The quantitative estimate of drug-likeness (QED) is 0.892. The summed E-state index contributed by atoms with van der Waals surface area (Å²) in [6.45, 7) is 4.60. The summed E-state index contributed by atoms with van der Waals surface area (Å²) in [7, 11) is 0. The van der Waals surface area contributed by atoms with Gasteiger partial charge in [-0.1, -0.05) is 28.1 Å². The molecule has 0 saturated carbocycles. The second kappa shape index (κ2) is 4.24. The van der Waals surface area contributed by atoms with E-state index in [9.17, 15) is 5.11 Å². The summed E-state index contributed by atoms with van der Waals surface area (Å²) in [5.41, 5.74) is 0.800. The van der Waals surface area contributed by atoms with E-state index in [2.05, 4.69) is 33.0 Å². The minimum atomic E-state index is -0.494. The van der Waals surface area contributed by atoms with Gasteiger partial charge in [0, 0.05) is 24.1 Å². The van der Waals surface area contributed by atoms with Gasteiger partial charge in [0.05, 0.1) is 5.60 Å². The zero-order chi connectivity index (χ0) is 10.9.